The van der Waals surface area contributed by atoms with Crippen LogP contribution in [0.5, 0.6) is 5.75 Å². The number of benzene rings is 1. The van der Waals surface area contributed by atoms with Crippen molar-refractivity contribution in [2.75, 3.05) is 32.7 Å². The molecule has 6 nitrogen and oxygen atoms in total. The van der Waals surface area contributed by atoms with Crippen LogP contribution in [0.4, 0.5) is 10.5 Å². The van der Waals surface area contributed by atoms with Crippen molar-refractivity contribution < 1.29 is 19.4 Å². The van der Waals surface area contributed by atoms with E-state index < -0.39 is 5.60 Å². The Kier molecular flexibility index (Phi) is 6.27. The zero-order valence-corrected chi connectivity index (χ0v) is 12.1. The number of hydrogen-bond donors (Lipinski definition) is 3. The van der Waals surface area contributed by atoms with Gasteiger partial charge in [0.25, 0.3) is 0 Å². The molecule has 0 aliphatic heterocycles. The van der Waals surface area contributed by atoms with Crippen LogP contribution in [0.1, 0.15) is 13.3 Å². The second-order valence-corrected chi connectivity index (χ2v) is 4.78. The lowest BCUT2D eigenvalue weighted by Crippen LogP contribution is -2.42. The van der Waals surface area contributed by atoms with E-state index in [4.69, 9.17) is 9.47 Å². The minimum Gasteiger partial charge on any atom is -0.497 e. The van der Waals surface area contributed by atoms with Gasteiger partial charge in [0.2, 0.25) is 0 Å². The highest BCUT2D eigenvalue weighted by molar-refractivity contribution is 5.89. The molecule has 0 spiro atoms. The maximum atomic E-state index is 11.7. The first kappa shape index (κ1) is 16.3. The molecule has 0 saturated carbocycles. The number of amides is 2. The summed E-state index contributed by atoms with van der Waals surface area (Å²) in [6, 6.07) is 6.66. The number of nitrogens with one attached hydrogen (secondary N) is 2. The van der Waals surface area contributed by atoms with Gasteiger partial charge in [0, 0.05) is 38.4 Å². The highest BCUT2D eigenvalue weighted by atomic mass is 16.5. The van der Waals surface area contributed by atoms with Gasteiger partial charge in [0.1, 0.15) is 5.75 Å². The summed E-state index contributed by atoms with van der Waals surface area (Å²) in [5.41, 5.74) is -0.375. The smallest absolute Gasteiger partial charge is 0.319 e. The topological polar surface area (TPSA) is 79.8 Å². The van der Waals surface area contributed by atoms with Gasteiger partial charge in [-0.05, 0) is 19.1 Å². The Morgan fingerprint density at radius 2 is 2.15 bits per heavy atom. The second-order valence-electron chi connectivity index (χ2n) is 4.78. The van der Waals surface area contributed by atoms with E-state index in [0.29, 0.717) is 24.5 Å². The SMILES string of the molecule is COCCC(C)(O)CNC(=O)Nc1cccc(OC)c1. The van der Waals surface area contributed by atoms with Crippen LogP contribution in [0, 0.1) is 0 Å². The third-order valence-corrected chi connectivity index (χ3v) is 2.80. The van der Waals surface area contributed by atoms with E-state index in [-0.39, 0.29) is 12.6 Å². The van der Waals surface area contributed by atoms with Crippen LogP contribution in [0.25, 0.3) is 0 Å². The Hall–Kier alpha value is -1.79. The molecule has 0 aliphatic rings. The summed E-state index contributed by atoms with van der Waals surface area (Å²) in [4.78, 5) is 11.7. The molecule has 1 rings (SSSR count). The summed E-state index contributed by atoms with van der Waals surface area (Å²) < 4.78 is 9.97. The van der Waals surface area contributed by atoms with Crippen molar-refractivity contribution in [3.05, 3.63) is 24.3 Å². The monoisotopic (exact) mass is 282 g/mol. The van der Waals surface area contributed by atoms with Crippen LogP contribution in [0.15, 0.2) is 24.3 Å². The molecule has 6 heteroatoms. The number of carbonyl (C=O) groups is 1. The van der Waals surface area contributed by atoms with Crippen LogP contribution in [-0.4, -0.2) is 44.1 Å². The summed E-state index contributed by atoms with van der Waals surface area (Å²) in [7, 11) is 3.13. The van der Waals surface area contributed by atoms with Crippen molar-refractivity contribution >= 4 is 11.7 Å². The molecule has 2 amide bonds. The largest absolute Gasteiger partial charge is 0.497 e. The van der Waals surface area contributed by atoms with Crippen molar-refractivity contribution in [2.24, 2.45) is 0 Å². The molecule has 0 aromatic heterocycles. The fraction of sp³-hybridized carbons (Fsp3) is 0.500. The molecule has 1 unspecified atom stereocenters. The average molecular weight is 282 g/mol. The van der Waals surface area contributed by atoms with Crippen molar-refractivity contribution in [1.29, 1.82) is 0 Å². The van der Waals surface area contributed by atoms with Crippen LogP contribution >= 0.6 is 0 Å². The van der Waals surface area contributed by atoms with E-state index in [9.17, 15) is 9.90 Å². The van der Waals surface area contributed by atoms with Crippen LogP contribution < -0.4 is 15.4 Å². The standard InChI is InChI=1S/C14H22N2O4/c1-14(18,7-8-19-2)10-15-13(17)16-11-5-4-6-12(9-11)20-3/h4-6,9,18H,7-8,10H2,1-3H3,(H2,15,16,17). The molecule has 0 saturated heterocycles. The number of aliphatic hydroxyl groups is 1. The summed E-state index contributed by atoms with van der Waals surface area (Å²) >= 11 is 0. The molecule has 3 N–H and O–H groups in total. The number of ether oxygens (including phenoxy) is 2. The van der Waals surface area contributed by atoms with Gasteiger partial charge >= 0.3 is 6.03 Å². The van der Waals surface area contributed by atoms with E-state index >= 15 is 0 Å². The number of urea groups is 1. The maximum absolute atomic E-state index is 11.7. The fourth-order valence-electron chi connectivity index (χ4n) is 1.56. The average Bonchev–Trinajstić information content (AvgIpc) is 2.43. The van der Waals surface area contributed by atoms with Gasteiger partial charge in [-0.2, -0.15) is 0 Å². The highest BCUT2D eigenvalue weighted by Crippen LogP contribution is 2.16. The summed E-state index contributed by atoms with van der Waals surface area (Å²) in [5.74, 6) is 0.662. The Balaban J connectivity index is 2.43. The van der Waals surface area contributed by atoms with E-state index in [1.165, 1.54) is 0 Å². The highest BCUT2D eigenvalue weighted by Gasteiger charge is 2.20. The number of anilines is 1. The lowest BCUT2D eigenvalue weighted by atomic mass is 10.0. The molecule has 0 bridgehead atoms. The number of hydrogen-bond acceptors (Lipinski definition) is 4. The lowest BCUT2D eigenvalue weighted by molar-refractivity contribution is 0.0273. The summed E-state index contributed by atoms with van der Waals surface area (Å²) in [6.45, 7) is 2.23. The minimum atomic E-state index is -0.998. The van der Waals surface area contributed by atoms with Gasteiger partial charge in [-0.25, -0.2) is 4.79 Å². The van der Waals surface area contributed by atoms with Gasteiger partial charge in [0.05, 0.1) is 12.7 Å². The zero-order valence-electron chi connectivity index (χ0n) is 12.1. The molecule has 112 valence electrons. The Labute approximate surface area is 119 Å². The third-order valence-electron chi connectivity index (χ3n) is 2.80. The van der Waals surface area contributed by atoms with Crippen LogP contribution in [0.3, 0.4) is 0 Å². The minimum absolute atomic E-state index is 0.145. The van der Waals surface area contributed by atoms with Crippen molar-refractivity contribution in [3.8, 4) is 5.75 Å². The summed E-state index contributed by atoms with van der Waals surface area (Å²) in [5, 5.41) is 15.3. The fourth-order valence-corrected chi connectivity index (χ4v) is 1.56. The quantitative estimate of drug-likeness (QED) is 0.709. The van der Waals surface area contributed by atoms with E-state index in [2.05, 4.69) is 10.6 Å². The zero-order chi connectivity index (χ0) is 15.0. The molecule has 0 radical (unpaired) electrons. The Morgan fingerprint density at radius 3 is 2.80 bits per heavy atom. The van der Waals surface area contributed by atoms with Crippen molar-refractivity contribution in [1.82, 2.24) is 5.32 Å². The Morgan fingerprint density at radius 1 is 1.40 bits per heavy atom. The molecule has 1 atom stereocenters. The van der Waals surface area contributed by atoms with E-state index in [1.54, 1.807) is 45.4 Å². The molecular weight excluding hydrogens is 260 g/mol. The number of carbonyl (C=O) groups excluding carboxylic acids is 1. The predicted molar refractivity (Wildman–Crippen MR) is 77.1 cm³/mol. The summed E-state index contributed by atoms with van der Waals surface area (Å²) in [6.07, 6.45) is 0.447. The molecule has 1 aromatic carbocycles. The number of rotatable bonds is 7. The normalized spacial score (nSPS) is 13.4. The van der Waals surface area contributed by atoms with Crippen molar-refractivity contribution in [3.63, 3.8) is 0 Å². The first-order chi connectivity index (χ1) is 9.46. The molecular formula is C14H22N2O4. The van der Waals surface area contributed by atoms with E-state index in [0.717, 1.165) is 0 Å². The van der Waals surface area contributed by atoms with Gasteiger partial charge < -0.3 is 25.2 Å². The molecule has 0 aliphatic carbocycles. The van der Waals surface area contributed by atoms with Gasteiger partial charge in [-0.3, -0.25) is 0 Å². The second kappa shape index (κ2) is 7.72. The predicted octanol–water partition coefficient (Wildman–Crippen LogP) is 1.60. The maximum Gasteiger partial charge on any atom is 0.319 e. The van der Waals surface area contributed by atoms with E-state index in [1.807, 2.05) is 0 Å². The Bertz CT molecular complexity index is 435. The first-order valence-corrected chi connectivity index (χ1v) is 6.37. The van der Waals surface area contributed by atoms with Gasteiger partial charge in [0.15, 0.2) is 0 Å². The number of methoxy groups -OCH3 is 2. The van der Waals surface area contributed by atoms with Gasteiger partial charge in [-0.15, -0.1) is 0 Å². The third kappa shape index (κ3) is 5.90. The molecule has 20 heavy (non-hydrogen) atoms. The lowest BCUT2D eigenvalue weighted by Gasteiger charge is -2.23. The van der Waals surface area contributed by atoms with Crippen LogP contribution in [-0.2, 0) is 4.74 Å². The van der Waals surface area contributed by atoms with Crippen LogP contribution in [0.2, 0.25) is 0 Å². The van der Waals surface area contributed by atoms with Gasteiger partial charge in [-0.1, -0.05) is 6.07 Å². The molecule has 0 fully saturated rings. The van der Waals surface area contributed by atoms with Crippen molar-refractivity contribution in [2.45, 2.75) is 18.9 Å². The first-order valence-electron chi connectivity index (χ1n) is 6.37. The molecule has 0 heterocycles. The molecule has 1 aromatic rings.